The van der Waals surface area contributed by atoms with Gasteiger partial charge in [-0.05, 0) is 43.9 Å². The van der Waals surface area contributed by atoms with E-state index in [1.807, 2.05) is 0 Å². The van der Waals surface area contributed by atoms with Crippen molar-refractivity contribution in [2.45, 2.75) is 90.6 Å². The van der Waals surface area contributed by atoms with Crippen LogP contribution in [-0.2, 0) is 4.74 Å². The predicted octanol–water partition coefficient (Wildman–Crippen LogP) is 6.24. The van der Waals surface area contributed by atoms with Crippen molar-refractivity contribution in [2.24, 2.45) is 10.8 Å². The van der Waals surface area contributed by atoms with Gasteiger partial charge < -0.3 is 4.74 Å². The average Bonchev–Trinajstić information content (AvgIpc) is 1.90. The first-order valence-electron chi connectivity index (χ1n) is 7.45. The van der Waals surface area contributed by atoms with Crippen molar-refractivity contribution in [3.63, 3.8) is 0 Å². The minimum Gasteiger partial charge on any atom is -0.376 e. The molecule has 0 amide bonds. The van der Waals surface area contributed by atoms with Gasteiger partial charge in [-0.1, -0.05) is 71.1 Å². The first kappa shape index (κ1) is 19.7. The van der Waals surface area contributed by atoms with E-state index in [0.717, 1.165) is 19.4 Å². The molecule has 0 aromatic carbocycles. The Morgan fingerprint density at radius 2 is 1.26 bits per heavy atom. The minimum absolute atomic E-state index is 0.0197. The van der Waals surface area contributed by atoms with Crippen LogP contribution in [0.4, 0.5) is 0 Å². The van der Waals surface area contributed by atoms with Crippen LogP contribution in [0.5, 0.6) is 0 Å². The molecule has 0 saturated carbocycles. The Kier molecular flexibility index (Phi) is 6.88. The number of halogens is 1. The maximum Gasteiger partial charge on any atom is 0.0631 e. The van der Waals surface area contributed by atoms with Crippen molar-refractivity contribution < 1.29 is 4.74 Å². The smallest absolute Gasteiger partial charge is 0.0631 e. The van der Waals surface area contributed by atoms with Crippen LogP contribution in [0.2, 0.25) is 0 Å². The molecule has 0 heterocycles. The van der Waals surface area contributed by atoms with Gasteiger partial charge in [-0.25, -0.2) is 0 Å². The Hall–Kier alpha value is 0.690. The molecule has 0 aromatic rings. The number of alkyl halides is 1. The lowest BCUT2D eigenvalue weighted by molar-refractivity contribution is -0.0529. The van der Waals surface area contributed by atoms with Gasteiger partial charge in [-0.3, -0.25) is 0 Å². The van der Waals surface area contributed by atoms with E-state index in [1.54, 1.807) is 0 Å². The van der Waals surface area contributed by atoms with E-state index in [2.05, 4.69) is 84.9 Å². The van der Waals surface area contributed by atoms with E-state index in [1.165, 1.54) is 6.42 Å². The summed E-state index contributed by atoms with van der Waals surface area (Å²) >= 11 is 2.55. The number of rotatable bonds is 7. The largest absolute Gasteiger partial charge is 0.376 e. The number of hydrogen-bond donors (Lipinski definition) is 0. The first-order valence-corrected chi connectivity index (χ1v) is 8.53. The summed E-state index contributed by atoms with van der Waals surface area (Å²) < 4.78 is 6.52. The fourth-order valence-electron chi connectivity index (χ4n) is 3.16. The molecule has 0 bridgehead atoms. The third kappa shape index (κ3) is 12.2. The Labute approximate surface area is 135 Å². The minimum atomic E-state index is -0.0197. The molecule has 0 atom stereocenters. The third-order valence-corrected chi connectivity index (χ3v) is 3.51. The van der Waals surface area contributed by atoms with Gasteiger partial charge in [0.25, 0.3) is 0 Å². The summed E-state index contributed by atoms with van der Waals surface area (Å²) in [5, 5.41) is 0. The van der Waals surface area contributed by atoms with Crippen molar-refractivity contribution in [1.29, 1.82) is 0 Å². The highest BCUT2D eigenvalue weighted by molar-refractivity contribution is 14.1. The molecule has 2 heteroatoms. The van der Waals surface area contributed by atoms with Crippen molar-refractivity contribution in [3.05, 3.63) is 0 Å². The molecule has 0 saturated heterocycles. The van der Waals surface area contributed by atoms with Gasteiger partial charge in [0.15, 0.2) is 0 Å². The lowest BCUT2D eigenvalue weighted by Gasteiger charge is -2.35. The maximum atomic E-state index is 6.15. The molecule has 0 rings (SSSR count). The topological polar surface area (TPSA) is 9.23 Å². The van der Waals surface area contributed by atoms with Gasteiger partial charge in [-0.15, -0.1) is 0 Å². The second-order valence-electron chi connectivity index (χ2n) is 9.16. The van der Waals surface area contributed by atoms with Crippen LogP contribution in [0.3, 0.4) is 0 Å². The summed E-state index contributed by atoms with van der Waals surface area (Å²) in [4.78, 5) is 0. The van der Waals surface area contributed by atoms with Crippen molar-refractivity contribution in [1.82, 2.24) is 0 Å². The zero-order valence-electron chi connectivity index (χ0n) is 14.6. The van der Waals surface area contributed by atoms with Gasteiger partial charge >= 0.3 is 0 Å². The van der Waals surface area contributed by atoms with Crippen LogP contribution < -0.4 is 0 Å². The molecule has 1 nitrogen and oxygen atoms in total. The molecule has 0 unspecified atom stereocenters. The van der Waals surface area contributed by atoms with Gasteiger partial charge in [-0.2, -0.15) is 0 Å². The van der Waals surface area contributed by atoms with Crippen LogP contribution in [0, 0.1) is 10.8 Å². The third-order valence-electron chi connectivity index (χ3n) is 3.13. The molecule has 0 aliphatic carbocycles. The second-order valence-corrected chi connectivity index (χ2v) is 12.1. The summed E-state index contributed by atoms with van der Waals surface area (Å²) in [5.74, 6) is 0. The number of hydrogen-bond acceptors (Lipinski definition) is 1. The lowest BCUT2D eigenvalue weighted by atomic mass is 9.81. The Balaban J connectivity index is 4.21. The quantitative estimate of drug-likeness (QED) is 0.374. The molecule has 0 fully saturated rings. The summed E-state index contributed by atoms with van der Waals surface area (Å²) in [7, 11) is 0. The Morgan fingerprint density at radius 1 is 0.789 bits per heavy atom. The van der Waals surface area contributed by atoms with E-state index in [9.17, 15) is 0 Å². The van der Waals surface area contributed by atoms with Gasteiger partial charge in [0.2, 0.25) is 0 Å². The summed E-state index contributed by atoms with van der Waals surface area (Å²) in [6.07, 6.45) is 3.45. The first-order chi connectivity index (χ1) is 8.12. The zero-order valence-corrected chi connectivity index (χ0v) is 16.8. The summed E-state index contributed by atoms with van der Waals surface area (Å²) in [6, 6.07) is 0. The van der Waals surface area contributed by atoms with Gasteiger partial charge in [0.1, 0.15) is 0 Å². The fraction of sp³-hybridized carbons (Fsp3) is 1.00. The maximum absolute atomic E-state index is 6.15. The van der Waals surface area contributed by atoms with Crippen LogP contribution in [0.1, 0.15) is 81.6 Å². The highest BCUT2D eigenvalue weighted by Gasteiger charge is 2.29. The lowest BCUT2D eigenvalue weighted by Crippen LogP contribution is -2.32. The van der Waals surface area contributed by atoms with E-state index < -0.39 is 0 Å². The monoisotopic (exact) mass is 382 g/mol. The van der Waals surface area contributed by atoms with Crippen molar-refractivity contribution >= 4 is 22.6 Å². The molecule has 0 N–H and O–H groups in total. The standard InChI is InChI=1S/C17H35IO/c1-14(2,3)12-17(8,9)19-11-10-15(4,5)13-16(6,7)18/h10-13H2,1-9H3. The fourth-order valence-corrected chi connectivity index (χ4v) is 4.19. The van der Waals surface area contributed by atoms with Crippen LogP contribution in [0.15, 0.2) is 0 Å². The van der Waals surface area contributed by atoms with E-state index in [-0.39, 0.29) is 5.60 Å². The van der Waals surface area contributed by atoms with Gasteiger partial charge in [0, 0.05) is 10.0 Å². The Morgan fingerprint density at radius 3 is 1.63 bits per heavy atom. The summed E-state index contributed by atoms with van der Waals surface area (Å²) in [6.45, 7) is 21.5. The summed E-state index contributed by atoms with van der Waals surface area (Å²) in [5.41, 5.74) is 0.653. The molecular formula is C17H35IO. The molecular weight excluding hydrogens is 347 g/mol. The second kappa shape index (κ2) is 6.64. The molecule has 19 heavy (non-hydrogen) atoms. The van der Waals surface area contributed by atoms with Crippen molar-refractivity contribution in [2.75, 3.05) is 6.61 Å². The number of ether oxygens (including phenoxy) is 1. The normalized spacial score (nSPS) is 14.8. The van der Waals surface area contributed by atoms with Crippen LogP contribution >= 0.6 is 22.6 Å². The Bertz CT molecular complexity index is 238. The highest BCUT2D eigenvalue weighted by atomic mass is 127. The van der Waals surface area contributed by atoms with E-state index >= 15 is 0 Å². The molecule has 0 aliphatic rings. The SMILES string of the molecule is CC(C)(C)CC(C)(C)OCCC(C)(C)CC(C)(C)I. The predicted molar refractivity (Wildman–Crippen MR) is 95.2 cm³/mol. The highest BCUT2D eigenvalue weighted by Crippen LogP contribution is 2.37. The van der Waals surface area contributed by atoms with Crippen molar-refractivity contribution in [3.8, 4) is 0 Å². The molecule has 0 aliphatic heterocycles. The van der Waals surface area contributed by atoms with Crippen LogP contribution in [0.25, 0.3) is 0 Å². The molecule has 116 valence electrons. The zero-order chi connectivity index (χ0) is 15.5. The van der Waals surface area contributed by atoms with Crippen LogP contribution in [-0.4, -0.2) is 15.6 Å². The van der Waals surface area contributed by atoms with E-state index in [0.29, 0.717) is 14.3 Å². The molecule has 0 aromatic heterocycles. The molecule has 0 spiro atoms. The molecule has 0 radical (unpaired) electrons. The van der Waals surface area contributed by atoms with Gasteiger partial charge in [0.05, 0.1) is 5.60 Å². The average molecular weight is 382 g/mol. The van der Waals surface area contributed by atoms with E-state index in [4.69, 9.17) is 4.74 Å².